The molecule has 1 aliphatic heterocycles. The topological polar surface area (TPSA) is 74.5 Å². The van der Waals surface area contributed by atoms with Crippen molar-refractivity contribution in [3.8, 4) is 0 Å². The molecule has 1 saturated carbocycles. The molecule has 0 aromatic carbocycles. The van der Waals surface area contributed by atoms with Crippen LogP contribution in [0.4, 0.5) is 4.79 Å². The lowest BCUT2D eigenvalue weighted by molar-refractivity contribution is 0.189. The van der Waals surface area contributed by atoms with E-state index < -0.39 is 0 Å². The van der Waals surface area contributed by atoms with Gasteiger partial charge in [-0.25, -0.2) is 4.79 Å². The number of aromatic nitrogens is 2. The normalized spacial score (nSPS) is 19.0. The van der Waals surface area contributed by atoms with E-state index in [-0.39, 0.29) is 6.03 Å². The average molecular weight is 335 g/mol. The second kappa shape index (κ2) is 8.46. The van der Waals surface area contributed by atoms with E-state index in [2.05, 4.69) is 20.4 Å². The lowest BCUT2D eigenvalue weighted by atomic mass is 9.85. The minimum absolute atomic E-state index is 0.0514. The highest BCUT2D eigenvalue weighted by atomic mass is 16.5. The first kappa shape index (κ1) is 17.2. The van der Waals surface area contributed by atoms with Gasteiger partial charge in [0, 0.05) is 25.6 Å². The first-order valence-corrected chi connectivity index (χ1v) is 9.34. The maximum absolute atomic E-state index is 12.3. The van der Waals surface area contributed by atoms with Gasteiger partial charge in [0.05, 0.1) is 6.54 Å². The van der Waals surface area contributed by atoms with E-state index in [0.29, 0.717) is 31.4 Å². The number of hydrogen-bond donors (Lipinski definition) is 1. The van der Waals surface area contributed by atoms with Gasteiger partial charge in [0.1, 0.15) is 0 Å². The lowest BCUT2D eigenvalue weighted by Crippen LogP contribution is -2.43. The molecule has 2 aliphatic rings. The summed E-state index contributed by atoms with van der Waals surface area (Å²) in [5.41, 5.74) is 0. The zero-order chi connectivity index (χ0) is 16.8. The number of nitrogens with zero attached hydrogens (tertiary/aromatic N) is 4. The third-order valence-electron chi connectivity index (χ3n) is 5.09. The van der Waals surface area contributed by atoms with Gasteiger partial charge < -0.3 is 19.6 Å². The molecule has 1 N–H and O–H groups in total. The van der Waals surface area contributed by atoms with Crippen molar-refractivity contribution >= 4 is 6.03 Å². The molecule has 1 aromatic rings. The smallest absolute Gasteiger partial charge is 0.317 e. The van der Waals surface area contributed by atoms with Crippen molar-refractivity contribution in [3.05, 3.63) is 11.7 Å². The summed E-state index contributed by atoms with van der Waals surface area (Å²) in [6.07, 6.45) is 7.39. The maximum atomic E-state index is 12.3. The first-order valence-electron chi connectivity index (χ1n) is 9.34. The van der Waals surface area contributed by atoms with Crippen LogP contribution in [-0.2, 0) is 6.54 Å². The molecule has 1 saturated heterocycles. The average Bonchev–Trinajstić information content (AvgIpc) is 3.00. The maximum Gasteiger partial charge on any atom is 0.317 e. The Kier molecular flexibility index (Phi) is 6.07. The van der Waals surface area contributed by atoms with E-state index in [0.717, 1.165) is 38.4 Å². The molecule has 2 fully saturated rings. The Bertz CT molecular complexity index is 523. The van der Waals surface area contributed by atoms with Gasteiger partial charge in [0.25, 0.3) is 0 Å². The number of carbonyl (C=O) groups excluding carboxylic acids is 1. The van der Waals surface area contributed by atoms with E-state index in [9.17, 15) is 4.79 Å². The van der Waals surface area contributed by atoms with Crippen LogP contribution in [-0.4, -0.2) is 58.7 Å². The predicted octanol–water partition coefficient (Wildman–Crippen LogP) is 2.35. The van der Waals surface area contributed by atoms with Crippen LogP contribution in [0, 0.1) is 0 Å². The number of amides is 2. The van der Waals surface area contributed by atoms with Gasteiger partial charge in [-0.15, -0.1) is 0 Å². The van der Waals surface area contributed by atoms with Crippen LogP contribution in [0.1, 0.15) is 63.1 Å². The highest BCUT2D eigenvalue weighted by molar-refractivity contribution is 5.74. The number of piperidine rings is 1. The molecule has 7 heteroatoms. The van der Waals surface area contributed by atoms with Crippen molar-refractivity contribution in [2.75, 3.05) is 32.7 Å². The largest absolute Gasteiger partial charge is 0.339 e. The molecule has 3 rings (SSSR count). The number of hydrogen-bond acceptors (Lipinski definition) is 5. The molecule has 1 aromatic heterocycles. The minimum Gasteiger partial charge on any atom is -0.339 e. The molecule has 24 heavy (non-hydrogen) atoms. The van der Waals surface area contributed by atoms with Crippen molar-refractivity contribution in [3.63, 3.8) is 0 Å². The van der Waals surface area contributed by atoms with Crippen molar-refractivity contribution in [2.24, 2.45) is 0 Å². The van der Waals surface area contributed by atoms with Gasteiger partial charge in [-0.05, 0) is 45.7 Å². The van der Waals surface area contributed by atoms with Crippen molar-refractivity contribution < 1.29 is 9.32 Å². The van der Waals surface area contributed by atoms with Crippen LogP contribution in [0.15, 0.2) is 4.52 Å². The summed E-state index contributed by atoms with van der Waals surface area (Å²) in [7, 11) is 0. The van der Waals surface area contributed by atoms with Gasteiger partial charge in [0.15, 0.2) is 5.82 Å². The highest BCUT2D eigenvalue weighted by Gasteiger charge is 2.26. The summed E-state index contributed by atoms with van der Waals surface area (Å²) in [5.74, 6) is 1.77. The number of carbonyl (C=O) groups is 1. The van der Waals surface area contributed by atoms with Crippen LogP contribution in [0.5, 0.6) is 0 Å². The molecular formula is C17H29N5O2. The monoisotopic (exact) mass is 335 g/mol. The second-order valence-electron chi connectivity index (χ2n) is 6.83. The van der Waals surface area contributed by atoms with Crippen LogP contribution in [0.2, 0.25) is 0 Å². The SMILES string of the molecule is CCN(Cc1noc(C2CCC2)n1)C(=O)NCCN1CCCCC1. The van der Waals surface area contributed by atoms with Crippen molar-refractivity contribution in [1.29, 1.82) is 0 Å². The molecule has 7 nitrogen and oxygen atoms in total. The van der Waals surface area contributed by atoms with E-state index in [1.165, 1.54) is 25.7 Å². The third-order valence-corrected chi connectivity index (χ3v) is 5.09. The molecule has 134 valence electrons. The van der Waals surface area contributed by atoms with Gasteiger partial charge >= 0.3 is 6.03 Å². The van der Waals surface area contributed by atoms with Crippen molar-refractivity contribution in [2.45, 2.75) is 57.9 Å². The molecule has 0 bridgehead atoms. The number of nitrogens with one attached hydrogen (secondary N) is 1. The van der Waals surface area contributed by atoms with Crippen molar-refractivity contribution in [1.82, 2.24) is 25.3 Å². The number of likely N-dealkylation sites (tertiary alicyclic amines) is 1. The Morgan fingerprint density at radius 2 is 2.08 bits per heavy atom. The lowest BCUT2D eigenvalue weighted by Gasteiger charge is -2.27. The van der Waals surface area contributed by atoms with E-state index >= 15 is 0 Å². The van der Waals surface area contributed by atoms with Gasteiger partial charge in [0.2, 0.25) is 5.89 Å². The molecule has 0 spiro atoms. The summed E-state index contributed by atoms with van der Waals surface area (Å²) in [6.45, 7) is 6.93. The number of urea groups is 1. The highest BCUT2D eigenvalue weighted by Crippen LogP contribution is 2.35. The standard InChI is InChI=1S/C17H29N5O2/c1-2-22(13-15-19-16(24-20-15)14-7-6-8-14)17(23)18-9-12-21-10-4-3-5-11-21/h14H,2-13H2,1H3,(H,18,23). The predicted molar refractivity (Wildman–Crippen MR) is 90.7 cm³/mol. The van der Waals surface area contributed by atoms with Gasteiger partial charge in [-0.2, -0.15) is 4.98 Å². The number of rotatable bonds is 7. The Labute approximate surface area is 143 Å². The molecule has 1 aliphatic carbocycles. The summed E-state index contributed by atoms with van der Waals surface area (Å²) in [6, 6.07) is -0.0514. The molecule has 2 amide bonds. The first-order chi connectivity index (χ1) is 11.8. The summed E-state index contributed by atoms with van der Waals surface area (Å²) in [5, 5.41) is 7.04. The molecular weight excluding hydrogens is 306 g/mol. The Hall–Kier alpha value is -1.63. The molecule has 0 radical (unpaired) electrons. The Morgan fingerprint density at radius 3 is 2.75 bits per heavy atom. The fourth-order valence-electron chi connectivity index (χ4n) is 3.27. The third kappa shape index (κ3) is 4.47. The minimum atomic E-state index is -0.0514. The van der Waals surface area contributed by atoms with E-state index in [1.807, 2.05) is 6.92 Å². The second-order valence-corrected chi connectivity index (χ2v) is 6.83. The van der Waals surface area contributed by atoms with E-state index in [4.69, 9.17) is 4.52 Å². The van der Waals surface area contributed by atoms with Crippen LogP contribution >= 0.6 is 0 Å². The Morgan fingerprint density at radius 1 is 1.29 bits per heavy atom. The fraction of sp³-hybridized carbons (Fsp3) is 0.824. The molecule has 0 atom stereocenters. The summed E-state index contributed by atoms with van der Waals surface area (Å²) < 4.78 is 5.33. The summed E-state index contributed by atoms with van der Waals surface area (Å²) in [4.78, 5) is 20.9. The zero-order valence-corrected chi connectivity index (χ0v) is 14.7. The molecule has 2 heterocycles. The van der Waals surface area contributed by atoms with E-state index in [1.54, 1.807) is 4.90 Å². The summed E-state index contributed by atoms with van der Waals surface area (Å²) >= 11 is 0. The molecule has 0 unspecified atom stereocenters. The zero-order valence-electron chi connectivity index (χ0n) is 14.7. The van der Waals surface area contributed by atoms with Crippen LogP contribution in [0.25, 0.3) is 0 Å². The van der Waals surface area contributed by atoms with Gasteiger partial charge in [-0.3, -0.25) is 0 Å². The Balaban J connectivity index is 1.42. The van der Waals surface area contributed by atoms with Crippen LogP contribution in [0.3, 0.4) is 0 Å². The van der Waals surface area contributed by atoms with Gasteiger partial charge in [-0.1, -0.05) is 18.0 Å². The fourth-order valence-corrected chi connectivity index (χ4v) is 3.27. The quantitative estimate of drug-likeness (QED) is 0.828. The van der Waals surface area contributed by atoms with Crippen LogP contribution < -0.4 is 5.32 Å².